The fraction of sp³-hybridized carbons (Fsp3) is 0.385. The average Bonchev–Trinajstić information content (AvgIpc) is 2.59. The molecule has 2 nitrogen and oxygen atoms in total. The molecule has 4 heteroatoms. The van der Waals surface area contributed by atoms with Crippen molar-refractivity contribution in [3.05, 3.63) is 38.9 Å². The molecule has 17 heavy (non-hydrogen) atoms. The number of hydrogen-bond acceptors (Lipinski definition) is 3. The highest BCUT2D eigenvalue weighted by molar-refractivity contribution is 7.73. The summed E-state index contributed by atoms with van der Waals surface area (Å²) in [6, 6.07) is 6.04. The Morgan fingerprint density at radius 1 is 1.41 bits per heavy atom. The summed E-state index contributed by atoms with van der Waals surface area (Å²) in [4.78, 5) is 4.55. The number of aryl methyl sites for hydroxylation is 1. The maximum absolute atomic E-state index is 5.39. The monoisotopic (exact) mass is 264 g/mol. The molecule has 0 aliphatic rings. The Balaban J connectivity index is 2.51. The number of nitrogens with zero attached hydrogens (tertiary/aromatic N) is 2. The molecule has 2 heterocycles. The minimum Gasteiger partial charge on any atom is -0.280 e. The molecule has 2 aromatic rings. The van der Waals surface area contributed by atoms with Gasteiger partial charge in [0.15, 0.2) is 3.95 Å². The molecule has 0 aliphatic carbocycles. The molecule has 0 unspecified atom stereocenters. The maximum atomic E-state index is 5.39. The standard InChI is InChI=1S/C13H16N2S2/c1-9(2)7-11-8-17-13(16)15(11)12-6-4-5-10(3)14-12/h4-6,8-9H,7H2,1-3H3. The largest absolute Gasteiger partial charge is 0.280 e. The molecule has 90 valence electrons. The predicted molar refractivity (Wildman–Crippen MR) is 75.6 cm³/mol. The van der Waals surface area contributed by atoms with Crippen LogP contribution in [0.3, 0.4) is 0 Å². The van der Waals surface area contributed by atoms with Gasteiger partial charge in [-0.1, -0.05) is 19.9 Å². The minimum absolute atomic E-state index is 0.620. The molecule has 0 saturated heterocycles. The molecule has 0 aliphatic heterocycles. The van der Waals surface area contributed by atoms with Crippen LogP contribution >= 0.6 is 23.6 Å². The number of thiazole rings is 1. The van der Waals surface area contributed by atoms with E-state index in [1.807, 2.05) is 25.1 Å². The maximum Gasteiger partial charge on any atom is 0.167 e. The molecule has 0 amide bonds. The van der Waals surface area contributed by atoms with Crippen LogP contribution in [-0.2, 0) is 6.42 Å². The van der Waals surface area contributed by atoms with E-state index in [0.29, 0.717) is 5.92 Å². The van der Waals surface area contributed by atoms with Crippen molar-refractivity contribution in [1.82, 2.24) is 9.55 Å². The summed E-state index contributed by atoms with van der Waals surface area (Å²) in [5, 5.41) is 2.15. The number of pyridine rings is 1. The topological polar surface area (TPSA) is 17.8 Å². The first-order valence-electron chi connectivity index (χ1n) is 5.71. The van der Waals surface area contributed by atoms with Crippen LogP contribution < -0.4 is 0 Å². The van der Waals surface area contributed by atoms with Gasteiger partial charge in [0.05, 0.1) is 0 Å². The zero-order valence-corrected chi connectivity index (χ0v) is 11.9. The SMILES string of the molecule is Cc1cccc(-n2c(CC(C)C)csc2=S)n1. The smallest absolute Gasteiger partial charge is 0.167 e. The van der Waals surface area contributed by atoms with Crippen molar-refractivity contribution in [3.63, 3.8) is 0 Å². The molecule has 0 aromatic carbocycles. The molecule has 0 saturated carbocycles. The van der Waals surface area contributed by atoms with Crippen LogP contribution in [0.1, 0.15) is 25.2 Å². The van der Waals surface area contributed by atoms with Gasteiger partial charge in [0.1, 0.15) is 5.82 Å². The Morgan fingerprint density at radius 3 is 2.82 bits per heavy atom. The van der Waals surface area contributed by atoms with Crippen molar-refractivity contribution in [1.29, 1.82) is 0 Å². The van der Waals surface area contributed by atoms with Crippen LogP contribution in [0.2, 0.25) is 0 Å². The molecule has 0 atom stereocenters. The summed E-state index contributed by atoms with van der Waals surface area (Å²) in [5.41, 5.74) is 2.28. The summed E-state index contributed by atoms with van der Waals surface area (Å²) in [6.07, 6.45) is 1.03. The average molecular weight is 264 g/mol. The molecular formula is C13H16N2S2. The molecule has 0 N–H and O–H groups in total. The van der Waals surface area contributed by atoms with E-state index in [9.17, 15) is 0 Å². The Labute approximate surface area is 111 Å². The fourth-order valence-electron chi connectivity index (χ4n) is 1.79. The van der Waals surface area contributed by atoms with Gasteiger partial charge >= 0.3 is 0 Å². The number of aromatic nitrogens is 2. The molecule has 0 fully saturated rings. The van der Waals surface area contributed by atoms with Crippen molar-refractivity contribution in [2.75, 3.05) is 0 Å². The fourth-order valence-corrected chi connectivity index (χ4v) is 2.90. The van der Waals surface area contributed by atoms with Gasteiger partial charge in [0, 0.05) is 16.8 Å². The summed E-state index contributed by atoms with van der Waals surface area (Å²) in [7, 11) is 0. The van der Waals surface area contributed by atoms with Crippen molar-refractivity contribution < 1.29 is 0 Å². The van der Waals surface area contributed by atoms with E-state index < -0.39 is 0 Å². The quantitative estimate of drug-likeness (QED) is 0.774. The Morgan fingerprint density at radius 2 is 2.18 bits per heavy atom. The normalized spacial score (nSPS) is 11.1. The first-order chi connectivity index (χ1) is 8.08. The van der Waals surface area contributed by atoms with Gasteiger partial charge in [-0.05, 0) is 43.6 Å². The molecule has 0 bridgehead atoms. The third-order valence-electron chi connectivity index (χ3n) is 2.49. The lowest BCUT2D eigenvalue weighted by atomic mass is 10.1. The van der Waals surface area contributed by atoms with E-state index in [1.165, 1.54) is 5.69 Å². The zero-order chi connectivity index (χ0) is 12.4. The van der Waals surface area contributed by atoms with E-state index >= 15 is 0 Å². The van der Waals surface area contributed by atoms with Gasteiger partial charge in [0.25, 0.3) is 0 Å². The van der Waals surface area contributed by atoms with E-state index in [4.69, 9.17) is 12.2 Å². The lowest BCUT2D eigenvalue weighted by molar-refractivity contribution is 0.624. The predicted octanol–water partition coefficient (Wildman–Crippen LogP) is 4.17. The van der Waals surface area contributed by atoms with Crippen molar-refractivity contribution in [2.24, 2.45) is 5.92 Å². The van der Waals surface area contributed by atoms with Crippen molar-refractivity contribution in [2.45, 2.75) is 27.2 Å². The van der Waals surface area contributed by atoms with Crippen molar-refractivity contribution >= 4 is 23.6 Å². The van der Waals surface area contributed by atoms with Crippen LogP contribution in [0.15, 0.2) is 23.6 Å². The zero-order valence-electron chi connectivity index (χ0n) is 10.3. The van der Waals surface area contributed by atoms with Gasteiger partial charge in [-0.15, -0.1) is 11.3 Å². The van der Waals surface area contributed by atoms with E-state index in [-0.39, 0.29) is 0 Å². The van der Waals surface area contributed by atoms with Gasteiger partial charge in [-0.2, -0.15) is 0 Å². The first kappa shape index (κ1) is 12.5. The lowest BCUT2D eigenvalue weighted by Crippen LogP contribution is -2.05. The second-order valence-electron chi connectivity index (χ2n) is 4.56. The van der Waals surface area contributed by atoms with Crippen molar-refractivity contribution in [3.8, 4) is 5.82 Å². The Hall–Kier alpha value is -1.00. The van der Waals surface area contributed by atoms with Gasteiger partial charge in [-0.3, -0.25) is 4.57 Å². The van der Waals surface area contributed by atoms with Gasteiger partial charge in [0.2, 0.25) is 0 Å². The van der Waals surface area contributed by atoms with Crippen LogP contribution in [-0.4, -0.2) is 9.55 Å². The van der Waals surface area contributed by atoms with Crippen LogP contribution in [0.5, 0.6) is 0 Å². The molecular weight excluding hydrogens is 248 g/mol. The van der Waals surface area contributed by atoms with Crippen LogP contribution in [0, 0.1) is 16.8 Å². The van der Waals surface area contributed by atoms with Gasteiger partial charge in [-0.25, -0.2) is 4.98 Å². The van der Waals surface area contributed by atoms with Gasteiger partial charge < -0.3 is 0 Å². The highest BCUT2D eigenvalue weighted by Crippen LogP contribution is 2.19. The Bertz CT molecular complexity index is 567. The molecule has 2 aromatic heterocycles. The van der Waals surface area contributed by atoms with Crippen LogP contribution in [0.4, 0.5) is 0 Å². The summed E-state index contributed by atoms with van der Waals surface area (Å²) in [6.45, 7) is 6.44. The lowest BCUT2D eigenvalue weighted by Gasteiger charge is -2.10. The molecule has 0 radical (unpaired) electrons. The highest BCUT2D eigenvalue weighted by atomic mass is 32.1. The third kappa shape index (κ3) is 2.82. The van der Waals surface area contributed by atoms with E-state index in [0.717, 1.165) is 21.9 Å². The number of rotatable bonds is 3. The minimum atomic E-state index is 0.620. The summed E-state index contributed by atoms with van der Waals surface area (Å²) in [5.74, 6) is 1.56. The number of hydrogen-bond donors (Lipinski definition) is 0. The molecule has 2 rings (SSSR count). The van der Waals surface area contributed by atoms with Crippen LogP contribution in [0.25, 0.3) is 5.82 Å². The first-order valence-corrected chi connectivity index (χ1v) is 7.00. The second kappa shape index (κ2) is 5.10. The molecule has 0 spiro atoms. The van der Waals surface area contributed by atoms with E-state index in [1.54, 1.807) is 11.3 Å². The Kier molecular flexibility index (Phi) is 3.74. The summed E-state index contributed by atoms with van der Waals surface area (Å²) < 4.78 is 2.96. The van der Waals surface area contributed by atoms with E-state index in [2.05, 4.69) is 28.8 Å². The third-order valence-corrected chi connectivity index (χ3v) is 3.73. The second-order valence-corrected chi connectivity index (χ2v) is 6.07. The highest BCUT2D eigenvalue weighted by Gasteiger charge is 2.09. The summed E-state index contributed by atoms with van der Waals surface area (Å²) >= 11 is 7.00.